The van der Waals surface area contributed by atoms with E-state index in [-0.39, 0.29) is 17.7 Å². The molecule has 1 saturated carbocycles. The van der Waals surface area contributed by atoms with Crippen LogP contribution in [-0.2, 0) is 16.1 Å². The van der Waals surface area contributed by atoms with E-state index < -0.39 is 0 Å². The Balaban J connectivity index is 1.63. The minimum atomic E-state index is -0.0390. The summed E-state index contributed by atoms with van der Waals surface area (Å²) >= 11 is 3.04. The Morgan fingerprint density at radius 3 is 2.86 bits per heavy atom. The van der Waals surface area contributed by atoms with Gasteiger partial charge in [-0.1, -0.05) is 6.92 Å². The van der Waals surface area contributed by atoms with Crippen LogP contribution in [0.4, 0.5) is 5.13 Å². The predicted molar refractivity (Wildman–Crippen MR) is 88.8 cm³/mol. The predicted octanol–water partition coefficient (Wildman–Crippen LogP) is 3.10. The molecule has 2 N–H and O–H groups in total. The van der Waals surface area contributed by atoms with Gasteiger partial charge in [-0.05, 0) is 24.5 Å². The van der Waals surface area contributed by atoms with Crippen molar-refractivity contribution in [2.75, 3.05) is 5.32 Å². The molecular formula is C15H17N3O2S2. The van der Waals surface area contributed by atoms with Crippen LogP contribution >= 0.6 is 22.7 Å². The maximum absolute atomic E-state index is 11.9. The average Bonchev–Trinajstić information content (AvgIpc) is 2.91. The van der Waals surface area contributed by atoms with Crippen molar-refractivity contribution in [1.29, 1.82) is 0 Å². The van der Waals surface area contributed by atoms with Crippen LogP contribution in [0.5, 0.6) is 0 Å². The van der Waals surface area contributed by atoms with Gasteiger partial charge < -0.3 is 10.6 Å². The molecule has 7 heteroatoms. The van der Waals surface area contributed by atoms with Gasteiger partial charge >= 0.3 is 0 Å². The summed E-state index contributed by atoms with van der Waals surface area (Å²) in [5, 5.41) is 8.26. The third kappa shape index (κ3) is 3.53. The van der Waals surface area contributed by atoms with Crippen LogP contribution < -0.4 is 10.6 Å². The van der Waals surface area contributed by atoms with Crippen LogP contribution in [0.3, 0.4) is 0 Å². The van der Waals surface area contributed by atoms with Crippen molar-refractivity contribution in [3.63, 3.8) is 0 Å². The van der Waals surface area contributed by atoms with Crippen molar-refractivity contribution in [2.45, 2.75) is 26.8 Å². The maximum atomic E-state index is 11.9. The lowest BCUT2D eigenvalue weighted by Gasteiger charge is -1.98. The summed E-state index contributed by atoms with van der Waals surface area (Å²) in [4.78, 5) is 29.4. The van der Waals surface area contributed by atoms with E-state index in [1.54, 1.807) is 11.3 Å². The highest BCUT2D eigenvalue weighted by Gasteiger charge is 2.39. The SMILES string of the molecule is CC(=O)NCc1ccc(-c2csc(NC(=O)C3CC3C)n2)s1. The first-order chi connectivity index (χ1) is 10.5. The normalized spacial score (nSPS) is 19.7. The number of thiophene rings is 1. The summed E-state index contributed by atoms with van der Waals surface area (Å²) < 4.78 is 0. The van der Waals surface area contributed by atoms with Crippen molar-refractivity contribution in [3.8, 4) is 10.6 Å². The standard InChI is InChI=1S/C15H17N3O2S2/c1-8-5-11(8)14(20)18-15-17-12(7-21-15)13-4-3-10(22-13)6-16-9(2)19/h3-4,7-8,11H,5-6H2,1-2H3,(H,16,19)(H,17,18,20). The highest BCUT2D eigenvalue weighted by atomic mass is 32.1. The summed E-state index contributed by atoms with van der Waals surface area (Å²) in [6.07, 6.45) is 0.974. The number of aromatic nitrogens is 1. The molecule has 0 bridgehead atoms. The van der Waals surface area contributed by atoms with Crippen LogP contribution in [-0.4, -0.2) is 16.8 Å². The fourth-order valence-electron chi connectivity index (χ4n) is 2.15. The zero-order chi connectivity index (χ0) is 15.7. The number of hydrogen-bond donors (Lipinski definition) is 2. The lowest BCUT2D eigenvalue weighted by atomic mass is 10.3. The van der Waals surface area contributed by atoms with E-state index in [0.717, 1.165) is 21.9 Å². The molecule has 1 aliphatic carbocycles. The molecule has 3 rings (SSSR count). The van der Waals surface area contributed by atoms with Gasteiger partial charge in [0.15, 0.2) is 5.13 Å². The molecule has 2 aromatic heterocycles. The summed E-state index contributed by atoms with van der Waals surface area (Å²) in [5.74, 6) is 0.681. The number of hydrogen-bond acceptors (Lipinski definition) is 5. The van der Waals surface area contributed by atoms with Gasteiger partial charge in [-0.15, -0.1) is 22.7 Å². The zero-order valence-corrected chi connectivity index (χ0v) is 14.0. The molecule has 2 aromatic rings. The Hall–Kier alpha value is -1.73. The van der Waals surface area contributed by atoms with Gasteiger partial charge in [-0.3, -0.25) is 9.59 Å². The summed E-state index contributed by atoms with van der Waals surface area (Å²) in [7, 11) is 0. The molecular weight excluding hydrogens is 318 g/mol. The lowest BCUT2D eigenvalue weighted by molar-refractivity contribution is -0.119. The quantitative estimate of drug-likeness (QED) is 0.882. The number of amides is 2. The third-order valence-corrected chi connectivity index (χ3v) is 5.47. The van der Waals surface area contributed by atoms with Crippen molar-refractivity contribution in [3.05, 3.63) is 22.4 Å². The molecule has 0 aliphatic heterocycles. The second-order valence-corrected chi connectivity index (χ2v) is 7.55. The first-order valence-electron chi connectivity index (χ1n) is 7.13. The Bertz CT molecular complexity index is 707. The summed E-state index contributed by atoms with van der Waals surface area (Å²) in [5.41, 5.74) is 0.864. The molecule has 116 valence electrons. The van der Waals surface area contributed by atoms with E-state index in [1.807, 2.05) is 17.5 Å². The molecule has 0 spiro atoms. The Kier molecular flexibility index (Phi) is 4.26. The first kappa shape index (κ1) is 15.2. The second-order valence-electron chi connectivity index (χ2n) is 5.52. The highest BCUT2D eigenvalue weighted by molar-refractivity contribution is 7.17. The molecule has 1 aliphatic rings. The summed E-state index contributed by atoms with van der Waals surface area (Å²) in [6.45, 7) is 4.12. The second kappa shape index (κ2) is 6.18. The van der Waals surface area contributed by atoms with Crippen molar-refractivity contribution in [1.82, 2.24) is 10.3 Å². The lowest BCUT2D eigenvalue weighted by Crippen LogP contribution is -2.17. The Morgan fingerprint density at radius 1 is 1.41 bits per heavy atom. The number of carbonyl (C=O) groups excluding carboxylic acids is 2. The third-order valence-electron chi connectivity index (χ3n) is 3.61. The smallest absolute Gasteiger partial charge is 0.229 e. The van der Waals surface area contributed by atoms with Gasteiger partial charge in [0, 0.05) is 23.1 Å². The van der Waals surface area contributed by atoms with E-state index in [0.29, 0.717) is 17.6 Å². The van der Waals surface area contributed by atoms with Gasteiger partial charge in [0.2, 0.25) is 11.8 Å². The molecule has 0 aromatic carbocycles. The monoisotopic (exact) mass is 335 g/mol. The fourth-order valence-corrected chi connectivity index (χ4v) is 3.85. The van der Waals surface area contributed by atoms with Gasteiger partial charge in [-0.25, -0.2) is 4.98 Å². The van der Waals surface area contributed by atoms with Gasteiger partial charge in [0.05, 0.1) is 17.1 Å². The van der Waals surface area contributed by atoms with Crippen molar-refractivity contribution in [2.24, 2.45) is 11.8 Å². The maximum Gasteiger partial charge on any atom is 0.229 e. The number of nitrogens with one attached hydrogen (secondary N) is 2. The molecule has 2 atom stereocenters. The molecule has 2 amide bonds. The van der Waals surface area contributed by atoms with Crippen molar-refractivity contribution < 1.29 is 9.59 Å². The van der Waals surface area contributed by atoms with Crippen molar-refractivity contribution >= 4 is 39.6 Å². The number of carbonyl (C=O) groups is 2. The van der Waals surface area contributed by atoms with Gasteiger partial charge in [0.25, 0.3) is 0 Å². The molecule has 2 heterocycles. The molecule has 0 radical (unpaired) electrons. The number of rotatable bonds is 5. The van der Waals surface area contributed by atoms with E-state index in [2.05, 4.69) is 22.5 Å². The minimum Gasteiger partial charge on any atom is -0.351 e. The zero-order valence-electron chi connectivity index (χ0n) is 12.4. The van der Waals surface area contributed by atoms with Crippen LogP contribution in [0.25, 0.3) is 10.6 Å². The van der Waals surface area contributed by atoms with Crippen LogP contribution in [0.1, 0.15) is 25.1 Å². The highest BCUT2D eigenvalue weighted by Crippen LogP contribution is 2.39. The number of anilines is 1. The number of thiazole rings is 1. The van der Waals surface area contributed by atoms with Crippen LogP contribution in [0.15, 0.2) is 17.5 Å². The Labute approximate surface area is 136 Å². The van der Waals surface area contributed by atoms with Crippen LogP contribution in [0, 0.1) is 11.8 Å². The number of nitrogens with zero attached hydrogens (tertiary/aromatic N) is 1. The van der Waals surface area contributed by atoms with Gasteiger partial charge in [-0.2, -0.15) is 0 Å². The molecule has 22 heavy (non-hydrogen) atoms. The molecule has 2 unspecified atom stereocenters. The molecule has 5 nitrogen and oxygen atoms in total. The fraction of sp³-hybridized carbons (Fsp3) is 0.400. The van der Waals surface area contributed by atoms with E-state index in [1.165, 1.54) is 18.3 Å². The van der Waals surface area contributed by atoms with Gasteiger partial charge in [0.1, 0.15) is 0 Å². The Morgan fingerprint density at radius 2 is 2.18 bits per heavy atom. The molecule has 0 saturated heterocycles. The largest absolute Gasteiger partial charge is 0.351 e. The molecule has 1 fully saturated rings. The van der Waals surface area contributed by atoms with E-state index in [9.17, 15) is 9.59 Å². The minimum absolute atomic E-state index is 0.0390. The van der Waals surface area contributed by atoms with Crippen LogP contribution in [0.2, 0.25) is 0 Å². The van der Waals surface area contributed by atoms with E-state index >= 15 is 0 Å². The van der Waals surface area contributed by atoms with E-state index in [4.69, 9.17) is 0 Å². The first-order valence-corrected chi connectivity index (χ1v) is 8.82. The average molecular weight is 335 g/mol. The summed E-state index contributed by atoms with van der Waals surface area (Å²) in [6, 6.07) is 3.98. The topological polar surface area (TPSA) is 71.1 Å².